The number of nitro groups is 1. The Bertz CT molecular complexity index is 1250. The highest BCUT2D eigenvalue weighted by Gasteiger charge is 2.53. The highest BCUT2D eigenvalue weighted by atomic mass is 31.2. The second kappa shape index (κ2) is 10.1. The number of rotatable bonds is 9. The summed E-state index contributed by atoms with van der Waals surface area (Å²) in [6.45, 7) is 0.999. The fourth-order valence-corrected chi connectivity index (χ4v) is 6.63. The van der Waals surface area contributed by atoms with Gasteiger partial charge in [-0.1, -0.05) is 18.2 Å². The zero-order chi connectivity index (χ0) is 26.2. The van der Waals surface area contributed by atoms with Crippen LogP contribution >= 0.6 is 7.82 Å². The monoisotopic (exact) mass is 532 g/mol. The molecular weight excluding hydrogens is 503 g/mol. The standard InChI is InChI=1S/C25H29N2O9P/c1-26-12-11-25-10-9-20(15-22(25)34-24-21(32-2)8-3-17(16-26)23(24)25)36-37(31,33-14-13-28)35-19-6-4-18(5-7-19)27(29)30/h3-10,20,22,28H,11-16H2,1-2H3/t20?,22-,25-,37?/m1/s1. The highest BCUT2D eigenvalue weighted by molar-refractivity contribution is 7.49. The number of hydrogen-bond donors (Lipinski definition) is 1. The SMILES string of the molecule is COc1ccc2c3c1O[C@@H]1CC(OP(=O)(OCCO)Oc4ccc([N+](=O)[O-])cc4)C=C[C@]31CCN(C)C2. The second-order valence-electron chi connectivity index (χ2n) is 9.35. The van der Waals surface area contributed by atoms with E-state index in [0.717, 1.165) is 30.8 Å². The quantitative estimate of drug-likeness (QED) is 0.219. The van der Waals surface area contributed by atoms with Crippen molar-refractivity contribution in [3.63, 3.8) is 0 Å². The lowest BCUT2D eigenvalue weighted by Gasteiger charge is -2.37. The number of phosphoric ester groups is 1. The maximum atomic E-state index is 13.5. The van der Waals surface area contributed by atoms with Crippen molar-refractivity contribution in [3.8, 4) is 17.2 Å². The zero-order valence-electron chi connectivity index (χ0n) is 20.6. The van der Waals surface area contributed by atoms with Gasteiger partial charge in [0.2, 0.25) is 0 Å². The van der Waals surface area contributed by atoms with Gasteiger partial charge in [0.25, 0.3) is 5.69 Å². The maximum absolute atomic E-state index is 13.5. The average Bonchev–Trinajstić information content (AvgIpc) is 3.14. The fraction of sp³-hybridized carbons (Fsp3) is 0.440. The lowest BCUT2D eigenvalue weighted by Crippen LogP contribution is -2.43. The van der Waals surface area contributed by atoms with E-state index in [9.17, 15) is 19.8 Å². The number of hydrogen-bond acceptors (Lipinski definition) is 10. The van der Waals surface area contributed by atoms with Crippen LogP contribution in [0.3, 0.4) is 0 Å². The minimum atomic E-state index is -4.20. The molecule has 0 saturated carbocycles. The van der Waals surface area contributed by atoms with Crippen molar-refractivity contribution in [2.24, 2.45) is 0 Å². The minimum absolute atomic E-state index is 0.0776. The van der Waals surface area contributed by atoms with Gasteiger partial charge < -0.3 is 24.0 Å². The Morgan fingerprint density at radius 2 is 2.05 bits per heavy atom. The third-order valence-electron chi connectivity index (χ3n) is 7.00. The molecular formula is C25H29N2O9P. The first kappa shape index (κ1) is 25.7. The number of ether oxygens (including phenoxy) is 2. The molecule has 2 heterocycles. The smallest absolute Gasteiger partial charge is 0.493 e. The molecule has 37 heavy (non-hydrogen) atoms. The molecule has 0 fully saturated rings. The molecule has 1 spiro atoms. The van der Waals surface area contributed by atoms with E-state index in [2.05, 4.69) is 24.1 Å². The predicted octanol–water partition coefficient (Wildman–Crippen LogP) is 3.98. The number of nitrogens with zero attached hydrogens (tertiary/aromatic N) is 2. The third-order valence-corrected chi connectivity index (χ3v) is 8.46. The first-order valence-electron chi connectivity index (χ1n) is 12.0. The van der Waals surface area contributed by atoms with Crippen LogP contribution in [0.2, 0.25) is 0 Å². The normalized spacial score (nSPS) is 25.8. The molecule has 12 heteroatoms. The molecule has 0 radical (unpaired) electrons. The van der Waals surface area contributed by atoms with Crippen LogP contribution in [-0.4, -0.2) is 61.1 Å². The van der Waals surface area contributed by atoms with Gasteiger partial charge in [0.15, 0.2) is 11.5 Å². The molecule has 11 nitrogen and oxygen atoms in total. The zero-order valence-corrected chi connectivity index (χ0v) is 21.5. The summed E-state index contributed by atoms with van der Waals surface area (Å²) in [6, 6.07) is 9.09. The van der Waals surface area contributed by atoms with Gasteiger partial charge in [0.1, 0.15) is 11.9 Å². The topological polar surface area (TPSA) is 130 Å². The van der Waals surface area contributed by atoms with Gasteiger partial charge in [-0.15, -0.1) is 0 Å². The second-order valence-corrected chi connectivity index (χ2v) is 10.9. The first-order valence-corrected chi connectivity index (χ1v) is 13.5. The molecule has 0 amide bonds. The van der Waals surface area contributed by atoms with Gasteiger partial charge in [0, 0.05) is 30.7 Å². The molecule has 0 saturated heterocycles. The molecule has 1 aliphatic carbocycles. The summed E-state index contributed by atoms with van der Waals surface area (Å²) in [4.78, 5) is 12.7. The summed E-state index contributed by atoms with van der Waals surface area (Å²) >= 11 is 0. The number of methoxy groups -OCH3 is 1. The van der Waals surface area contributed by atoms with Crippen molar-refractivity contribution in [2.45, 2.75) is 37.0 Å². The Hall–Kier alpha value is -2.95. The van der Waals surface area contributed by atoms with E-state index >= 15 is 0 Å². The maximum Gasteiger partial charge on any atom is 0.530 e. The lowest BCUT2D eigenvalue weighted by molar-refractivity contribution is -0.384. The van der Waals surface area contributed by atoms with Crippen LogP contribution in [0.15, 0.2) is 48.6 Å². The van der Waals surface area contributed by atoms with Gasteiger partial charge in [-0.2, -0.15) is 0 Å². The summed E-state index contributed by atoms with van der Waals surface area (Å²) in [5.74, 6) is 1.47. The summed E-state index contributed by atoms with van der Waals surface area (Å²) < 4.78 is 42.3. The van der Waals surface area contributed by atoms with Gasteiger partial charge in [-0.25, -0.2) is 4.57 Å². The number of aliphatic hydroxyl groups is 1. The van der Waals surface area contributed by atoms with Crippen LogP contribution in [0.1, 0.15) is 24.0 Å². The number of non-ortho nitro benzene ring substituents is 1. The van der Waals surface area contributed by atoms with Crippen LogP contribution < -0.4 is 14.0 Å². The van der Waals surface area contributed by atoms with Crippen LogP contribution in [-0.2, 0) is 25.6 Å². The molecule has 5 rings (SSSR count). The van der Waals surface area contributed by atoms with E-state index in [1.165, 1.54) is 29.8 Å². The molecule has 2 aliphatic heterocycles. The summed E-state index contributed by atoms with van der Waals surface area (Å²) in [5.41, 5.74) is 1.79. The van der Waals surface area contributed by atoms with Crippen LogP contribution in [0.5, 0.6) is 17.2 Å². The Labute approximate surface area is 214 Å². The van der Waals surface area contributed by atoms with Crippen LogP contribution in [0.25, 0.3) is 0 Å². The predicted molar refractivity (Wildman–Crippen MR) is 133 cm³/mol. The molecule has 0 aromatic heterocycles. The van der Waals surface area contributed by atoms with E-state index in [1.54, 1.807) is 7.11 Å². The molecule has 4 atom stereocenters. The summed E-state index contributed by atoms with van der Waals surface area (Å²) in [6.07, 6.45) is 4.20. The molecule has 3 aliphatic rings. The summed E-state index contributed by atoms with van der Waals surface area (Å²) in [7, 11) is -0.498. The number of phosphoric acid groups is 1. The number of benzene rings is 2. The van der Waals surface area contributed by atoms with E-state index in [0.29, 0.717) is 12.2 Å². The molecule has 0 bridgehead atoms. The van der Waals surface area contributed by atoms with E-state index < -0.39 is 25.5 Å². The molecule has 2 aromatic rings. The molecule has 1 N–H and O–H groups in total. The molecule has 2 aromatic carbocycles. The Balaban J connectivity index is 1.41. The van der Waals surface area contributed by atoms with Crippen molar-refractivity contribution >= 4 is 13.5 Å². The Morgan fingerprint density at radius 3 is 2.76 bits per heavy atom. The molecule has 2 unspecified atom stereocenters. The minimum Gasteiger partial charge on any atom is -0.493 e. The van der Waals surface area contributed by atoms with Crippen LogP contribution in [0, 0.1) is 10.1 Å². The van der Waals surface area contributed by atoms with E-state index in [4.69, 9.17) is 23.0 Å². The van der Waals surface area contributed by atoms with Crippen molar-refractivity contribution in [3.05, 3.63) is 69.8 Å². The van der Waals surface area contributed by atoms with Crippen molar-refractivity contribution in [1.29, 1.82) is 0 Å². The van der Waals surface area contributed by atoms with Crippen molar-refractivity contribution < 1.29 is 37.6 Å². The third kappa shape index (κ3) is 4.85. The van der Waals surface area contributed by atoms with Gasteiger partial charge in [-0.05, 0) is 43.8 Å². The number of nitro benzene ring substituents is 1. The van der Waals surface area contributed by atoms with E-state index in [-0.39, 0.29) is 29.6 Å². The highest BCUT2D eigenvalue weighted by Crippen LogP contribution is 2.58. The molecule has 198 valence electrons. The largest absolute Gasteiger partial charge is 0.530 e. The lowest BCUT2D eigenvalue weighted by atomic mass is 9.69. The number of aliphatic hydroxyl groups excluding tert-OH is 1. The van der Waals surface area contributed by atoms with Crippen LogP contribution in [0.4, 0.5) is 5.69 Å². The van der Waals surface area contributed by atoms with Crippen molar-refractivity contribution in [2.75, 3.05) is 33.9 Å². The Kier molecular flexibility index (Phi) is 6.99. The summed E-state index contributed by atoms with van der Waals surface area (Å²) in [5, 5.41) is 20.2. The van der Waals surface area contributed by atoms with E-state index in [1.807, 2.05) is 12.1 Å². The van der Waals surface area contributed by atoms with Gasteiger partial charge in [0.05, 0.1) is 36.8 Å². The average molecular weight is 532 g/mol. The van der Waals surface area contributed by atoms with Gasteiger partial charge in [-0.3, -0.25) is 19.2 Å². The van der Waals surface area contributed by atoms with Gasteiger partial charge >= 0.3 is 7.82 Å². The first-order chi connectivity index (χ1) is 17.8. The van der Waals surface area contributed by atoms with Crippen molar-refractivity contribution in [1.82, 2.24) is 4.90 Å². The fourth-order valence-electron chi connectivity index (χ4n) is 5.30. The Morgan fingerprint density at radius 1 is 1.27 bits per heavy atom.